The molecule has 8 heteroatoms. The van der Waals surface area contributed by atoms with Crippen LogP contribution < -0.4 is 11.1 Å². The SMILES string of the molecule is CCOC(=O)CCCNC(=O)c1ccc(N)c([N+](=O)[O-])c1. The zero-order valence-electron chi connectivity index (χ0n) is 11.6. The summed E-state index contributed by atoms with van der Waals surface area (Å²) < 4.78 is 4.75. The molecule has 0 aliphatic heterocycles. The van der Waals surface area contributed by atoms with Gasteiger partial charge in [0.25, 0.3) is 11.6 Å². The number of hydrogen-bond acceptors (Lipinski definition) is 6. The first-order valence-corrected chi connectivity index (χ1v) is 6.43. The van der Waals surface area contributed by atoms with E-state index < -0.39 is 10.8 Å². The quantitative estimate of drug-likeness (QED) is 0.256. The maximum absolute atomic E-state index is 11.8. The van der Waals surface area contributed by atoms with Crippen molar-refractivity contribution < 1.29 is 19.2 Å². The summed E-state index contributed by atoms with van der Waals surface area (Å²) >= 11 is 0. The zero-order valence-corrected chi connectivity index (χ0v) is 11.6. The van der Waals surface area contributed by atoms with Gasteiger partial charge < -0.3 is 15.8 Å². The molecule has 0 spiro atoms. The molecule has 21 heavy (non-hydrogen) atoms. The van der Waals surface area contributed by atoms with Crippen molar-refractivity contribution in [3.8, 4) is 0 Å². The van der Waals surface area contributed by atoms with Crippen LogP contribution in [0.1, 0.15) is 30.1 Å². The number of nitrogen functional groups attached to an aromatic ring is 1. The number of hydrogen-bond donors (Lipinski definition) is 2. The Hall–Kier alpha value is -2.64. The molecule has 1 aromatic rings. The summed E-state index contributed by atoms with van der Waals surface area (Å²) in [5, 5.41) is 13.3. The normalized spacial score (nSPS) is 9.95. The van der Waals surface area contributed by atoms with Crippen molar-refractivity contribution in [2.24, 2.45) is 0 Å². The molecule has 8 nitrogen and oxygen atoms in total. The standard InChI is InChI=1S/C13H17N3O5/c1-2-21-12(17)4-3-7-15-13(18)9-5-6-10(14)11(8-9)16(19)20/h5-6,8H,2-4,7,14H2,1H3,(H,15,18). The highest BCUT2D eigenvalue weighted by Gasteiger charge is 2.15. The first kappa shape index (κ1) is 16.4. The van der Waals surface area contributed by atoms with Gasteiger partial charge in [0, 0.05) is 24.6 Å². The van der Waals surface area contributed by atoms with Crippen molar-refractivity contribution in [2.45, 2.75) is 19.8 Å². The summed E-state index contributed by atoms with van der Waals surface area (Å²) in [7, 11) is 0. The number of carbonyl (C=O) groups excluding carboxylic acids is 2. The number of nitrogens with zero attached hydrogens (tertiary/aromatic N) is 1. The van der Waals surface area contributed by atoms with E-state index in [1.165, 1.54) is 12.1 Å². The molecule has 1 aromatic carbocycles. The first-order chi connectivity index (χ1) is 9.95. The van der Waals surface area contributed by atoms with Gasteiger partial charge >= 0.3 is 5.97 Å². The molecule has 0 aromatic heterocycles. The molecule has 0 heterocycles. The number of amides is 1. The van der Waals surface area contributed by atoms with Gasteiger partial charge in [-0.3, -0.25) is 19.7 Å². The van der Waals surface area contributed by atoms with Crippen LogP contribution in [-0.4, -0.2) is 30.0 Å². The summed E-state index contributed by atoms with van der Waals surface area (Å²) in [4.78, 5) is 33.0. The number of nitrogens with two attached hydrogens (primary N) is 1. The Balaban J connectivity index is 2.51. The smallest absolute Gasteiger partial charge is 0.305 e. The molecule has 0 saturated heterocycles. The van der Waals surface area contributed by atoms with Crippen LogP contribution >= 0.6 is 0 Å². The molecule has 0 aliphatic rings. The van der Waals surface area contributed by atoms with E-state index in [0.29, 0.717) is 13.0 Å². The minimum Gasteiger partial charge on any atom is -0.466 e. The monoisotopic (exact) mass is 295 g/mol. The van der Waals surface area contributed by atoms with Gasteiger partial charge in [0.05, 0.1) is 11.5 Å². The third kappa shape index (κ3) is 5.09. The molecular weight excluding hydrogens is 278 g/mol. The average molecular weight is 295 g/mol. The van der Waals surface area contributed by atoms with Crippen molar-refractivity contribution in [1.82, 2.24) is 5.32 Å². The molecule has 1 amide bonds. The minimum absolute atomic E-state index is 0.00105. The van der Waals surface area contributed by atoms with Crippen LogP contribution in [-0.2, 0) is 9.53 Å². The maximum atomic E-state index is 11.8. The second kappa shape index (κ2) is 7.83. The van der Waals surface area contributed by atoms with Crippen molar-refractivity contribution >= 4 is 23.3 Å². The number of nitro groups is 1. The Kier molecular flexibility index (Phi) is 6.12. The zero-order chi connectivity index (χ0) is 15.8. The van der Waals surface area contributed by atoms with Gasteiger partial charge in [-0.25, -0.2) is 0 Å². The number of nitrogens with one attached hydrogen (secondary N) is 1. The van der Waals surface area contributed by atoms with Crippen molar-refractivity contribution in [3.63, 3.8) is 0 Å². The number of esters is 1. The Morgan fingerprint density at radius 3 is 2.76 bits per heavy atom. The van der Waals surface area contributed by atoms with E-state index in [1.54, 1.807) is 6.92 Å². The third-order valence-corrected chi connectivity index (χ3v) is 2.64. The van der Waals surface area contributed by atoms with Crippen molar-refractivity contribution in [3.05, 3.63) is 33.9 Å². The minimum atomic E-state index is -0.646. The highest BCUT2D eigenvalue weighted by molar-refractivity contribution is 5.95. The fourth-order valence-electron chi connectivity index (χ4n) is 1.61. The van der Waals surface area contributed by atoms with Gasteiger partial charge in [-0.2, -0.15) is 0 Å². The topological polar surface area (TPSA) is 125 Å². The fourth-order valence-corrected chi connectivity index (χ4v) is 1.61. The van der Waals surface area contributed by atoms with Gasteiger partial charge in [0.1, 0.15) is 5.69 Å². The molecule has 0 atom stereocenters. The van der Waals surface area contributed by atoms with Crippen LogP contribution in [0.15, 0.2) is 18.2 Å². The van der Waals surface area contributed by atoms with E-state index in [1.807, 2.05) is 0 Å². The first-order valence-electron chi connectivity index (χ1n) is 6.43. The van der Waals surface area contributed by atoms with Crippen molar-refractivity contribution in [1.29, 1.82) is 0 Å². The summed E-state index contributed by atoms with van der Waals surface area (Å²) in [6, 6.07) is 3.84. The van der Waals surface area contributed by atoms with Crippen LogP contribution in [0, 0.1) is 10.1 Å². The van der Waals surface area contributed by atoms with E-state index in [2.05, 4.69) is 5.32 Å². The second-order valence-electron chi connectivity index (χ2n) is 4.20. The Morgan fingerprint density at radius 1 is 1.43 bits per heavy atom. The number of nitro benzene ring substituents is 1. The molecule has 0 saturated carbocycles. The van der Waals surface area contributed by atoms with E-state index >= 15 is 0 Å². The van der Waals surface area contributed by atoms with Crippen LogP contribution in [0.3, 0.4) is 0 Å². The molecule has 0 unspecified atom stereocenters. The fraction of sp³-hybridized carbons (Fsp3) is 0.385. The van der Waals surface area contributed by atoms with E-state index in [4.69, 9.17) is 10.5 Å². The lowest BCUT2D eigenvalue weighted by atomic mass is 10.1. The van der Waals surface area contributed by atoms with Gasteiger partial charge in [-0.1, -0.05) is 0 Å². The molecule has 0 aliphatic carbocycles. The molecule has 1 rings (SSSR count). The Bertz CT molecular complexity index is 545. The summed E-state index contributed by atoms with van der Waals surface area (Å²) in [5.74, 6) is -0.781. The number of carbonyl (C=O) groups is 2. The number of anilines is 1. The van der Waals surface area contributed by atoms with Gasteiger partial charge in [0.15, 0.2) is 0 Å². The van der Waals surface area contributed by atoms with Gasteiger partial charge in [0.2, 0.25) is 0 Å². The lowest BCUT2D eigenvalue weighted by Gasteiger charge is -2.06. The van der Waals surface area contributed by atoms with E-state index in [9.17, 15) is 19.7 Å². The van der Waals surface area contributed by atoms with Crippen LogP contribution in [0.2, 0.25) is 0 Å². The molecule has 114 valence electrons. The Labute approximate surface area is 121 Å². The van der Waals surface area contributed by atoms with Crippen LogP contribution in [0.5, 0.6) is 0 Å². The van der Waals surface area contributed by atoms with Crippen molar-refractivity contribution in [2.75, 3.05) is 18.9 Å². The average Bonchev–Trinajstić information content (AvgIpc) is 2.43. The number of rotatable bonds is 7. The number of benzene rings is 1. The van der Waals surface area contributed by atoms with Gasteiger partial charge in [-0.05, 0) is 25.5 Å². The summed E-state index contributed by atoms with van der Waals surface area (Å²) in [6.45, 7) is 2.31. The summed E-state index contributed by atoms with van der Waals surface area (Å²) in [5.41, 5.74) is 5.28. The van der Waals surface area contributed by atoms with E-state index in [0.717, 1.165) is 6.07 Å². The van der Waals surface area contributed by atoms with Gasteiger partial charge in [-0.15, -0.1) is 0 Å². The van der Waals surface area contributed by atoms with Crippen LogP contribution in [0.25, 0.3) is 0 Å². The largest absolute Gasteiger partial charge is 0.466 e. The highest BCUT2D eigenvalue weighted by atomic mass is 16.6. The highest BCUT2D eigenvalue weighted by Crippen LogP contribution is 2.22. The lowest BCUT2D eigenvalue weighted by Crippen LogP contribution is -2.25. The maximum Gasteiger partial charge on any atom is 0.305 e. The molecule has 0 fully saturated rings. The predicted molar refractivity (Wildman–Crippen MR) is 75.7 cm³/mol. The molecule has 0 bridgehead atoms. The molecule has 3 N–H and O–H groups in total. The predicted octanol–water partition coefficient (Wildman–Crippen LogP) is 1.25. The molecular formula is C13H17N3O5. The second-order valence-corrected chi connectivity index (χ2v) is 4.20. The lowest BCUT2D eigenvalue weighted by molar-refractivity contribution is -0.383. The number of ether oxygens (including phenoxy) is 1. The van der Waals surface area contributed by atoms with E-state index in [-0.39, 0.29) is 35.9 Å². The Morgan fingerprint density at radius 2 is 2.14 bits per heavy atom. The summed E-state index contributed by atoms with van der Waals surface area (Å²) in [6.07, 6.45) is 0.637. The van der Waals surface area contributed by atoms with Crippen LogP contribution in [0.4, 0.5) is 11.4 Å². The molecule has 0 radical (unpaired) electrons. The third-order valence-electron chi connectivity index (χ3n) is 2.64.